The molecule has 14 heteroatoms. The van der Waals surface area contributed by atoms with E-state index in [2.05, 4.69) is 38.2 Å². The number of unbranched alkanes of at least 4 members (excludes halogenated alkanes) is 14. The van der Waals surface area contributed by atoms with Crippen molar-refractivity contribution in [2.24, 2.45) is 0 Å². The van der Waals surface area contributed by atoms with Gasteiger partial charge in [-0.05, 0) is 57.8 Å². The second-order valence-electron chi connectivity index (χ2n) is 14.6. The van der Waals surface area contributed by atoms with Crippen LogP contribution in [0.15, 0.2) is 60.8 Å². The van der Waals surface area contributed by atoms with Gasteiger partial charge in [0.05, 0.1) is 6.61 Å². The molecule has 13 nitrogen and oxygen atoms in total. The molecule has 1 aliphatic rings. The van der Waals surface area contributed by atoms with Crippen molar-refractivity contribution in [3.8, 4) is 0 Å². The Morgan fingerprint density at radius 2 is 1.02 bits per heavy atom. The molecular formula is C43H73O13P. The molecule has 0 aliphatic heterocycles. The molecule has 1 saturated carbocycles. The van der Waals surface area contributed by atoms with Crippen molar-refractivity contribution in [3.05, 3.63) is 60.8 Å². The summed E-state index contributed by atoms with van der Waals surface area (Å²) >= 11 is 0. The normalized spacial score (nSPS) is 23.3. The van der Waals surface area contributed by atoms with Gasteiger partial charge in [0.15, 0.2) is 6.10 Å². The van der Waals surface area contributed by atoms with Gasteiger partial charge in [-0.1, -0.05) is 132 Å². The number of esters is 2. The monoisotopic (exact) mass is 828 g/mol. The summed E-state index contributed by atoms with van der Waals surface area (Å²) in [5, 5.41) is 50.0. The molecule has 6 unspecified atom stereocenters. The van der Waals surface area contributed by atoms with E-state index in [9.17, 15) is 44.6 Å². The summed E-state index contributed by atoms with van der Waals surface area (Å²) in [6, 6.07) is 0. The number of hydrogen-bond acceptors (Lipinski definition) is 12. The van der Waals surface area contributed by atoms with Gasteiger partial charge in [0.1, 0.15) is 43.2 Å². The molecule has 0 aromatic rings. The fourth-order valence-electron chi connectivity index (χ4n) is 6.00. The Hall–Kier alpha value is -2.45. The highest BCUT2D eigenvalue weighted by atomic mass is 31.2. The summed E-state index contributed by atoms with van der Waals surface area (Å²) in [6.45, 7) is 3.09. The van der Waals surface area contributed by atoms with Crippen LogP contribution in [-0.2, 0) is 32.7 Å². The lowest BCUT2D eigenvalue weighted by molar-refractivity contribution is -0.220. The molecule has 8 atom stereocenters. The fraction of sp³-hybridized carbons (Fsp3) is 0.721. The highest BCUT2D eigenvalue weighted by Gasteiger charge is 2.51. The number of allylic oxidation sites excluding steroid dienone is 10. The lowest BCUT2D eigenvalue weighted by Crippen LogP contribution is -2.64. The molecule has 1 rings (SSSR count). The Morgan fingerprint density at radius 3 is 1.60 bits per heavy atom. The number of aliphatic hydroxyl groups excluding tert-OH is 5. The minimum atomic E-state index is -5.12. The summed E-state index contributed by atoms with van der Waals surface area (Å²) in [4.78, 5) is 35.6. The first-order valence-electron chi connectivity index (χ1n) is 21.1. The zero-order valence-corrected chi connectivity index (χ0v) is 35.3. The van der Waals surface area contributed by atoms with Gasteiger partial charge in [-0.2, -0.15) is 0 Å². The molecule has 0 heterocycles. The van der Waals surface area contributed by atoms with E-state index in [1.54, 1.807) is 0 Å². The van der Waals surface area contributed by atoms with Gasteiger partial charge in [-0.15, -0.1) is 0 Å². The van der Waals surface area contributed by atoms with Crippen molar-refractivity contribution in [3.63, 3.8) is 0 Å². The van der Waals surface area contributed by atoms with E-state index in [0.717, 1.165) is 64.2 Å². The van der Waals surface area contributed by atoms with E-state index < -0.39 is 75.7 Å². The van der Waals surface area contributed by atoms with Crippen LogP contribution in [0.3, 0.4) is 0 Å². The molecule has 57 heavy (non-hydrogen) atoms. The SMILES string of the molecule is CC/C=C/C=C/C=C/C=C/CCCCCCCC(=O)OC[C@@H](COP(=O)(O)OC1C(O)C(O)C(O)[C@H](O)C1O)OC(=O)CCCCC/C=C/CCCCCCCC. The molecule has 0 saturated heterocycles. The quantitative estimate of drug-likeness (QED) is 0.0126. The number of ether oxygens (including phenoxy) is 2. The second kappa shape index (κ2) is 33.4. The van der Waals surface area contributed by atoms with Crippen molar-refractivity contribution in [1.29, 1.82) is 0 Å². The standard InChI is InChI=1S/C43H73O13P/c1-3-5-7-9-11-13-15-17-18-20-21-23-25-27-29-31-36(44)53-33-35(34-54-57(51,52)56-43-41(49)39(47)38(46)40(48)42(43)50)55-37(45)32-30-28-26-24-22-19-16-14-12-10-8-6-4-2/h5,7,9,11,13,15,17-19,22,35,38-43,46-50H,3-4,6,8,10,12,14,16,20-21,23-34H2,1-2H3,(H,51,52)/b7-5+,11-9+,15-13+,18-17+,22-19+/t35-,38?,39-,40?,41?,42?,43?/m0/s1. The van der Waals surface area contributed by atoms with E-state index in [-0.39, 0.29) is 12.8 Å². The summed E-state index contributed by atoms with van der Waals surface area (Å²) in [7, 11) is -5.12. The third-order valence-corrected chi connectivity index (χ3v) is 10.4. The summed E-state index contributed by atoms with van der Waals surface area (Å²) < 4.78 is 33.4. The van der Waals surface area contributed by atoms with Crippen LogP contribution in [-0.4, -0.2) is 98.3 Å². The molecule has 0 aromatic carbocycles. The maximum atomic E-state index is 12.8. The van der Waals surface area contributed by atoms with Crippen molar-refractivity contribution in [2.45, 2.75) is 185 Å². The summed E-state index contributed by atoms with van der Waals surface area (Å²) in [5.74, 6) is -1.15. The summed E-state index contributed by atoms with van der Waals surface area (Å²) in [6.07, 6.45) is 25.7. The number of hydrogen-bond donors (Lipinski definition) is 6. The second-order valence-corrected chi connectivity index (χ2v) is 16.0. The minimum absolute atomic E-state index is 0.0680. The highest BCUT2D eigenvalue weighted by molar-refractivity contribution is 7.47. The zero-order chi connectivity index (χ0) is 42.2. The van der Waals surface area contributed by atoms with Gasteiger partial charge in [0.25, 0.3) is 0 Å². The molecular weight excluding hydrogens is 755 g/mol. The number of rotatable bonds is 33. The number of phosphoric acid groups is 1. The van der Waals surface area contributed by atoms with E-state index in [1.165, 1.54) is 38.5 Å². The Morgan fingerprint density at radius 1 is 0.561 bits per heavy atom. The van der Waals surface area contributed by atoms with Crippen LogP contribution in [0.25, 0.3) is 0 Å². The van der Waals surface area contributed by atoms with Crippen LogP contribution in [0.1, 0.15) is 142 Å². The third kappa shape index (κ3) is 26.3. The van der Waals surface area contributed by atoms with Crippen LogP contribution in [0, 0.1) is 0 Å². The zero-order valence-electron chi connectivity index (χ0n) is 34.4. The first-order chi connectivity index (χ1) is 27.4. The minimum Gasteiger partial charge on any atom is -0.462 e. The van der Waals surface area contributed by atoms with Gasteiger partial charge in [-0.25, -0.2) is 4.57 Å². The van der Waals surface area contributed by atoms with E-state index in [0.29, 0.717) is 12.8 Å². The Labute approximate surface area is 341 Å². The van der Waals surface area contributed by atoms with Gasteiger partial charge in [0.2, 0.25) is 0 Å². The first-order valence-corrected chi connectivity index (χ1v) is 22.6. The number of carbonyl (C=O) groups excluding carboxylic acids is 2. The third-order valence-electron chi connectivity index (χ3n) is 9.44. The predicted molar refractivity (Wildman–Crippen MR) is 221 cm³/mol. The maximum absolute atomic E-state index is 12.8. The van der Waals surface area contributed by atoms with Crippen molar-refractivity contribution in [2.75, 3.05) is 13.2 Å². The fourth-order valence-corrected chi connectivity index (χ4v) is 6.97. The van der Waals surface area contributed by atoms with Crippen LogP contribution >= 0.6 is 7.82 Å². The van der Waals surface area contributed by atoms with Crippen molar-refractivity contribution < 1.29 is 63.1 Å². The molecule has 0 spiro atoms. The molecule has 6 N–H and O–H groups in total. The lowest BCUT2D eigenvalue weighted by atomic mass is 9.85. The molecule has 0 amide bonds. The Kier molecular flexibility index (Phi) is 30.8. The van der Waals surface area contributed by atoms with Gasteiger partial charge in [-0.3, -0.25) is 18.6 Å². The average molecular weight is 829 g/mol. The summed E-state index contributed by atoms with van der Waals surface area (Å²) in [5.41, 5.74) is 0. The molecule has 1 fully saturated rings. The average Bonchev–Trinajstić information content (AvgIpc) is 3.19. The highest BCUT2D eigenvalue weighted by Crippen LogP contribution is 2.47. The molecule has 1 aliphatic carbocycles. The van der Waals surface area contributed by atoms with Gasteiger partial charge >= 0.3 is 19.8 Å². The van der Waals surface area contributed by atoms with Gasteiger partial charge < -0.3 is 39.9 Å². The van der Waals surface area contributed by atoms with Gasteiger partial charge in [0, 0.05) is 12.8 Å². The number of aliphatic hydroxyl groups is 5. The number of phosphoric ester groups is 1. The van der Waals surface area contributed by atoms with Crippen molar-refractivity contribution in [1.82, 2.24) is 0 Å². The Balaban J connectivity index is 2.54. The van der Waals surface area contributed by atoms with Crippen molar-refractivity contribution >= 4 is 19.8 Å². The van der Waals surface area contributed by atoms with Crippen LogP contribution in [0.5, 0.6) is 0 Å². The topological polar surface area (TPSA) is 210 Å². The molecule has 0 bridgehead atoms. The predicted octanol–water partition coefficient (Wildman–Crippen LogP) is 7.38. The first kappa shape index (κ1) is 52.6. The number of carbonyl (C=O) groups is 2. The van der Waals surface area contributed by atoms with E-state index in [4.69, 9.17) is 18.5 Å². The smallest absolute Gasteiger partial charge is 0.462 e. The lowest BCUT2D eigenvalue weighted by Gasteiger charge is -2.41. The van der Waals surface area contributed by atoms with E-state index in [1.807, 2.05) is 36.5 Å². The molecule has 0 aromatic heterocycles. The van der Waals surface area contributed by atoms with Crippen LogP contribution < -0.4 is 0 Å². The molecule has 0 radical (unpaired) electrons. The molecule has 328 valence electrons. The largest absolute Gasteiger partial charge is 0.472 e. The van der Waals surface area contributed by atoms with E-state index >= 15 is 0 Å². The van der Waals surface area contributed by atoms with Crippen LogP contribution in [0.4, 0.5) is 0 Å². The Bertz CT molecular complexity index is 1230. The maximum Gasteiger partial charge on any atom is 0.472 e. The van der Waals surface area contributed by atoms with Crippen LogP contribution in [0.2, 0.25) is 0 Å².